The smallest absolute Gasteiger partial charge is 0.330 e. The average molecular weight is 605 g/mol. The zero-order chi connectivity index (χ0) is 32.0. The first-order valence-electron chi connectivity index (χ1n) is 12.7. The Balaban J connectivity index is 1.76. The van der Waals surface area contributed by atoms with Crippen LogP contribution in [0.1, 0.15) is 21.5 Å². The predicted octanol–water partition coefficient (Wildman–Crippen LogP) is 5.61. The van der Waals surface area contributed by atoms with E-state index < -0.39 is 40.9 Å². The van der Waals surface area contributed by atoms with Crippen LogP contribution in [-0.4, -0.2) is 53.9 Å². The number of nitrogens with zero attached hydrogens (tertiary/aromatic N) is 2. The Hall–Kier alpha value is -5.98. The Kier molecular flexibility index (Phi) is 9.38. The van der Waals surface area contributed by atoms with Gasteiger partial charge in [0.05, 0.1) is 7.11 Å². The third kappa shape index (κ3) is 7.26. The Labute approximate surface area is 250 Å². The molecule has 0 fully saturated rings. The number of nitrogens with two attached hydrogens (primary N) is 1. The number of hydrogen-bond acceptors (Lipinski definition) is 9. The van der Waals surface area contributed by atoms with Gasteiger partial charge in [-0.2, -0.15) is 13.8 Å². The summed E-state index contributed by atoms with van der Waals surface area (Å²) < 4.78 is 52.7. The molecule has 0 unspecified atom stereocenters. The number of aromatic nitrogens is 1. The zero-order valence-electron chi connectivity index (χ0n) is 23.6. The van der Waals surface area contributed by atoms with Gasteiger partial charge in [0.2, 0.25) is 17.4 Å². The number of hydrogen-bond donors (Lipinski definition) is 3. The van der Waals surface area contributed by atoms with Crippen molar-refractivity contribution in [3.8, 4) is 40.5 Å². The van der Waals surface area contributed by atoms with E-state index in [1.54, 1.807) is 14.1 Å². The minimum Gasteiger partial charge on any atom is -0.504 e. The molecule has 4 aromatic rings. The monoisotopic (exact) mass is 604 g/mol. The van der Waals surface area contributed by atoms with E-state index in [1.165, 1.54) is 90.9 Å². The minimum atomic E-state index is -1.38. The number of methoxy groups -OCH3 is 1. The molecule has 4 rings (SSSR count). The maximum Gasteiger partial charge on any atom is 0.330 e. The van der Waals surface area contributed by atoms with Gasteiger partial charge in [-0.05, 0) is 60.2 Å². The van der Waals surface area contributed by atoms with Crippen molar-refractivity contribution in [2.24, 2.45) is 5.73 Å². The second-order valence-corrected chi connectivity index (χ2v) is 9.23. The average Bonchev–Trinajstić information content (AvgIpc) is 3.01. The van der Waals surface area contributed by atoms with Gasteiger partial charge >= 0.3 is 5.97 Å². The van der Waals surface area contributed by atoms with Crippen LogP contribution in [-0.2, 0) is 9.53 Å². The van der Waals surface area contributed by atoms with Crippen molar-refractivity contribution in [1.29, 1.82) is 5.41 Å². The van der Waals surface area contributed by atoms with Crippen molar-refractivity contribution >= 4 is 23.8 Å². The van der Waals surface area contributed by atoms with Crippen LogP contribution in [0.2, 0.25) is 0 Å². The number of amidine groups is 1. The first kappa shape index (κ1) is 31.0. The van der Waals surface area contributed by atoms with Gasteiger partial charge in [0.1, 0.15) is 17.3 Å². The van der Waals surface area contributed by atoms with Crippen molar-refractivity contribution < 1.29 is 42.4 Å². The van der Waals surface area contributed by atoms with Crippen LogP contribution < -0.4 is 19.9 Å². The quantitative estimate of drug-likeness (QED) is 0.0905. The van der Waals surface area contributed by atoms with Crippen LogP contribution in [0, 0.1) is 17.0 Å². The topological polar surface area (TPSA) is 157 Å². The Morgan fingerprint density at radius 2 is 1.59 bits per heavy atom. The number of ether oxygens (including phenoxy) is 4. The number of carbonyl (C=O) groups is 2. The first-order valence-corrected chi connectivity index (χ1v) is 12.7. The standard InChI is InChI=1S/C31H26F2N4O7/c1-37(2)31(40)19-5-4-6-21(15-19)43-29-25(32)27(42-20-11-7-17(8-12-20)9-14-24(39)41-3)26(33)30(36-29)44-23-16-18(28(34)35)10-13-22(23)38/h4-16,38H,1-3H3,(H3,34,35)/b14-9+. The van der Waals surface area contributed by atoms with Crippen LogP contribution in [0.25, 0.3) is 6.08 Å². The largest absolute Gasteiger partial charge is 0.504 e. The molecular weight excluding hydrogens is 578 g/mol. The van der Waals surface area contributed by atoms with E-state index in [0.717, 1.165) is 0 Å². The number of nitrogen functional groups attached to an aromatic ring is 1. The Bertz CT molecular complexity index is 1760. The van der Waals surface area contributed by atoms with Crippen LogP contribution in [0.3, 0.4) is 0 Å². The maximum atomic E-state index is 15.7. The molecule has 0 spiro atoms. The summed E-state index contributed by atoms with van der Waals surface area (Å²) in [6, 6.07) is 15.3. The molecule has 44 heavy (non-hydrogen) atoms. The summed E-state index contributed by atoms with van der Waals surface area (Å²) in [5, 5.41) is 17.9. The van der Waals surface area contributed by atoms with E-state index >= 15 is 8.78 Å². The van der Waals surface area contributed by atoms with E-state index in [4.69, 9.17) is 25.4 Å². The van der Waals surface area contributed by atoms with Crippen molar-refractivity contribution in [3.63, 3.8) is 0 Å². The second kappa shape index (κ2) is 13.3. The van der Waals surface area contributed by atoms with Gasteiger partial charge in [-0.3, -0.25) is 10.2 Å². The molecular formula is C31H26F2N4O7. The third-order valence-electron chi connectivity index (χ3n) is 5.87. The highest BCUT2D eigenvalue weighted by molar-refractivity contribution is 5.95. The molecule has 0 aliphatic carbocycles. The number of carbonyl (C=O) groups excluding carboxylic acids is 2. The summed E-state index contributed by atoms with van der Waals surface area (Å²) >= 11 is 0. The van der Waals surface area contributed by atoms with E-state index in [1.807, 2.05) is 0 Å². The Morgan fingerprint density at radius 3 is 2.23 bits per heavy atom. The molecule has 0 aliphatic heterocycles. The number of esters is 1. The number of pyridine rings is 1. The Morgan fingerprint density at radius 1 is 0.909 bits per heavy atom. The fraction of sp³-hybridized carbons (Fsp3) is 0.0968. The van der Waals surface area contributed by atoms with Gasteiger partial charge in [-0.15, -0.1) is 0 Å². The molecule has 0 bridgehead atoms. The van der Waals surface area contributed by atoms with Crippen molar-refractivity contribution in [2.75, 3.05) is 21.2 Å². The zero-order valence-corrected chi connectivity index (χ0v) is 23.6. The normalized spacial score (nSPS) is 10.8. The summed E-state index contributed by atoms with van der Waals surface area (Å²) in [5.41, 5.74) is 6.46. The number of phenols is 1. The highest BCUT2D eigenvalue weighted by Gasteiger charge is 2.27. The number of rotatable bonds is 10. The number of nitrogens with one attached hydrogen (secondary N) is 1. The van der Waals surface area contributed by atoms with E-state index in [-0.39, 0.29) is 40.1 Å². The van der Waals surface area contributed by atoms with Gasteiger partial charge in [-0.1, -0.05) is 18.2 Å². The molecule has 0 aliphatic rings. The molecule has 0 radical (unpaired) electrons. The molecule has 13 heteroatoms. The summed E-state index contributed by atoms with van der Waals surface area (Å²) in [4.78, 5) is 28.9. The molecule has 0 atom stereocenters. The number of benzene rings is 3. The predicted molar refractivity (Wildman–Crippen MR) is 155 cm³/mol. The van der Waals surface area contributed by atoms with E-state index in [9.17, 15) is 14.7 Å². The third-order valence-corrected chi connectivity index (χ3v) is 5.87. The number of aromatic hydroxyl groups is 1. The first-order chi connectivity index (χ1) is 21.0. The van der Waals surface area contributed by atoms with Crippen molar-refractivity contribution in [2.45, 2.75) is 0 Å². The van der Waals surface area contributed by atoms with Crippen LogP contribution in [0.4, 0.5) is 8.78 Å². The van der Waals surface area contributed by atoms with Gasteiger partial charge in [-0.25, -0.2) is 4.79 Å². The number of amides is 1. The lowest BCUT2D eigenvalue weighted by Gasteiger charge is -2.16. The lowest BCUT2D eigenvalue weighted by molar-refractivity contribution is -0.134. The molecule has 4 N–H and O–H groups in total. The minimum absolute atomic E-state index is 0.00104. The summed E-state index contributed by atoms with van der Waals surface area (Å²) in [6.07, 6.45) is 2.67. The lowest BCUT2D eigenvalue weighted by atomic mass is 10.2. The molecule has 3 aromatic carbocycles. The molecule has 226 valence electrons. The van der Waals surface area contributed by atoms with Crippen LogP contribution in [0.5, 0.6) is 40.5 Å². The fourth-order valence-electron chi connectivity index (χ4n) is 3.63. The lowest BCUT2D eigenvalue weighted by Crippen LogP contribution is -2.21. The molecule has 1 aromatic heterocycles. The number of phenolic OH excluding ortho intramolecular Hbond substituents is 1. The fourth-order valence-corrected chi connectivity index (χ4v) is 3.63. The highest BCUT2D eigenvalue weighted by atomic mass is 19.1. The highest BCUT2D eigenvalue weighted by Crippen LogP contribution is 2.41. The van der Waals surface area contributed by atoms with E-state index in [2.05, 4.69) is 9.72 Å². The van der Waals surface area contributed by atoms with Gasteiger partial charge in [0.25, 0.3) is 17.7 Å². The summed E-state index contributed by atoms with van der Waals surface area (Å²) in [5.74, 6) is -7.34. The SMILES string of the molecule is COC(=O)/C=C/c1ccc(Oc2c(F)c(Oc3cccc(C(=O)N(C)C)c3)nc(Oc3cc(C(=N)N)ccc3O)c2F)cc1. The van der Waals surface area contributed by atoms with Gasteiger partial charge < -0.3 is 34.7 Å². The maximum absolute atomic E-state index is 15.7. The van der Waals surface area contributed by atoms with Crippen molar-refractivity contribution in [3.05, 3.63) is 101 Å². The van der Waals surface area contributed by atoms with Crippen LogP contribution in [0.15, 0.2) is 72.8 Å². The number of halogens is 2. The van der Waals surface area contributed by atoms with E-state index in [0.29, 0.717) is 5.56 Å². The molecule has 11 nitrogen and oxygen atoms in total. The van der Waals surface area contributed by atoms with Gasteiger partial charge in [0, 0.05) is 31.3 Å². The van der Waals surface area contributed by atoms with Crippen LogP contribution >= 0.6 is 0 Å². The molecule has 0 saturated carbocycles. The molecule has 1 heterocycles. The molecule has 0 saturated heterocycles. The summed E-state index contributed by atoms with van der Waals surface area (Å²) in [7, 11) is 4.35. The molecule has 1 amide bonds. The van der Waals surface area contributed by atoms with Gasteiger partial charge in [0.15, 0.2) is 11.5 Å². The second-order valence-electron chi connectivity index (χ2n) is 9.23. The van der Waals surface area contributed by atoms with Crippen molar-refractivity contribution in [1.82, 2.24) is 9.88 Å². The summed E-state index contributed by atoms with van der Waals surface area (Å²) in [6.45, 7) is 0.